The van der Waals surface area contributed by atoms with Gasteiger partial charge in [-0.1, -0.05) is 24.4 Å². The van der Waals surface area contributed by atoms with Crippen LogP contribution in [-0.2, 0) is 11.3 Å². The summed E-state index contributed by atoms with van der Waals surface area (Å²) in [6.45, 7) is 1.22. The Balaban J connectivity index is 1.76. The molecule has 0 aliphatic heterocycles. The second-order valence-electron chi connectivity index (χ2n) is 6.74. The lowest BCUT2D eigenvalue weighted by atomic mass is 10.2. The van der Waals surface area contributed by atoms with Gasteiger partial charge in [-0.05, 0) is 38.0 Å². The van der Waals surface area contributed by atoms with E-state index < -0.39 is 23.2 Å². The lowest BCUT2D eigenvalue weighted by Crippen LogP contribution is -2.39. The van der Waals surface area contributed by atoms with Crippen LogP contribution in [0.15, 0.2) is 29.2 Å². The second kappa shape index (κ2) is 8.52. The Morgan fingerprint density at radius 1 is 1.32 bits per heavy atom. The number of halogens is 2. The van der Waals surface area contributed by atoms with Crippen molar-refractivity contribution < 1.29 is 14.0 Å². The van der Waals surface area contributed by atoms with Crippen LogP contribution in [0.1, 0.15) is 41.9 Å². The summed E-state index contributed by atoms with van der Waals surface area (Å²) in [4.78, 5) is 41.5. The van der Waals surface area contributed by atoms with Gasteiger partial charge in [-0.3, -0.25) is 19.0 Å². The summed E-state index contributed by atoms with van der Waals surface area (Å²) in [5.74, 6) is -1.27. The molecule has 0 atom stereocenters. The van der Waals surface area contributed by atoms with Gasteiger partial charge in [0.05, 0.1) is 10.7 Å². The van der Waals surface area contributed by atoms with Crippen molar-refractivity contribution in [2.75, 3.05) is 5.32 Å². The van der Waals surface area contributed by atoms with Gasteiger partial charge in [0.15, 0.2) is 0 Å². The van der Waals surface area contributed by atoms with Crippen molar-refractivity contribution in [3.05, 3.63) is 57.0 Å². The predicted octanol–water partition coefficient (Wildman–Crippen LogP) is 2.66. The number of aryl methyl sites for hydroxylation is 1. The summed E-state index contributed by atoms with van der Waals surface area (Å²) in [6, 6.07) is 3.62. The van der Waals surface area contributed by atoms with Crippen molar-refractivity contribution in [2.24, 2.45) is 0 Å². The standard InChI is InChI=1S/C19H20ClFN4O3/c1-11-22-9-14(18(27)23-13-4-2-3-5-13)19(28)25(11)10-17(26)24-16-7-6-12(21)8-15(16)20/h6-9,13H,2-5,10H2,1H3,(H,23,27)(H,24,26). The lowest BCUT2D eigenvalue weighted by molar-refractivity contribution is -0.116. The average Bonchev–Trinajstić information content (AvgIpc) is 3.14. The van der Waals surface area contributed by atoms with Gasteiger partial charge in [0.2, 0.25) is 5.91 Å². The number of carbonyl (C=O) groups excluding carboxylic acids is 2. The maximum absolute atomic E-state index is 13.1. The van der Waals surface area contributed by atoms with Gasteiger partial charge in [0, 0.05) is 12.2 Å². The highest BCUT2D eigenvalue weighted by atomic mass is 35.5. The smallest absolute Gasteiger partial charge is 0.266 e. The predicted molar refractivity (Wildman–Crippen MR) is 103 cm³/mol. The quantitative estimate of drug-likeness (QED) is 0.798. The maximum Gasteiger partial charge on any atom is 0.266 e. The number of rotatable bonds is 5. The Morgan fingerprint density at radius 2 is 2.04 bits per heavy atom. The average molecular weight is 407 g/mol. The van der Waals surface area contributed by atoms with Gasteiger partial charge in [-0.25, -0.2) is 9.37 Å². The van der Waals surface area contributed by atoms with Gasteiger partial charge >= 0.3 is 0 Å². The van der Waals surface area contributed by atoms with E-state index in [1.165, 1.54) is 12.3 Å². The lowest BCUT2D eigenvalue weighted by Gasteiger charge is -2.14. The molecule has 0 spiro atoms. The fourth-order valence-corrected chi connectivity index (χ4v) is 3.39. The SMILES string of the molecule is Cc1ncc(C(=O)NC2CCCC2)c(=O)n1CC(=O)Nc1ccc(F)cc1Cl. The number of anilines is 1. The number of aromatic nitrogens is 2. The highest BCUT2D eigenvalue weighted by molar-refractivity contribution is 6.33. The van der Waals surface area contributed by atoms with E-state index in [0.717, 1.165) is 42.4 Å². The first-order valence-electron chi connectivity index (χ1n) is 8.97. The molecule has 148 valence electrons. The molecule has 1 aromatic carbocycles. The largest absolute Gasteiger partial charge is 0.349 e. The van der Waals surface area contributed by atoms with Crippen LogP contribution in [0, 0.1) is 12.7 Å². The minimum atomic E-state index is -0.594. The molecular formula is C19H20ClFN4O3. The number of amides is 2. The maximum atomic E-state index is 13.1. The van der Waals surface area contributed by atoms with Crippen LogP contribution in [0.4, 0.5) is 10.1 Å². The van der Waals surface area contributed by atoms with Gasteiger partial charge in [0.1, 0.15) is 23.7 Å². The summed E-state index contributed by atoms with van der Waals surface area (Å²) in [6.07, 6.45) is 5.11. The summed E-state index contributed by atoms with van der Waals surface area (Å²) < 4.78 is 14.2. The molecule has 1 aliphatic rings. The van der Waals surface area contributed by atoms with Crippen molar-refractivity contribution in [2.45, 2.75) is 45.2 Å². The van der Waals surface area contributed by atoms with Crippen molar-refractivity contribution in [3.8, 4) is 0 Å². The zero-order valence-corrected chi connectivity index (χ0v) is 16.1. The Bertz CT molecular complexity index is 970. The molecule has 1 aromatic heterocycles. The van der Waals surface area contributed by atoms with Crippen molar-refractivity contribution in [3.63, 3.8) is 0 Å². The van der Waals surface area contributed by atoms with Crippen LogP contribution in [0.5, 0.6) is 0 Å². The molecule has 2 N–H and O–H groups in total. The van der Waals surface area contributed by atoms with Crippen molar-refractivity contribution >= 4 is 29.1 Å². The van der Waals surface area contributed by atoms with Crippen molar-refractivity contribution in [1.29, 1.82) is 0 Å². The first-order valence-corrected chi connectivity index (χ1v) is 9.35. The molecule has 0 radical (unpaired) electrons. The molecule has 1 fully saturated rings. The first-order chi connectivity index (χ1) is 13.3. The summed E-state index contributed by atoms with van der Waals surface area (Å²) in [5.41, 5.74) is -0.477. The van der Waals surface area contributed by atoms with E-state index in [4.69, 9.17) is 11.6 Å². The number of benzene rings is 1. The molecule has 7 nitrogen and oxygen atoms in total. The van der Waals surface area contributed by atoms with Crippen LogP contribution in [0.3, 0.4) is 0 Å². The minimum absolute atomic E-state index is 0.0419. The van der Waals surface area contributed by atoms with E-state index in [1.54, 1.807) is 6.92 Å². The van der Waals surface area contributed by atoms with Crippen molar-refractivity contribution in [1.82, 2.24) is 14.9 Å². The van der Waals surface area contributed by atoms with Crippen LogP contribution in [0.2, 0.25) is 5.02 Å². The molecule has 0 saturated heterocycles. The molecule has 0 unspecified atom stereocenters. The molecule has 1 saturated carbocycles. The minimum Gasteiger partial charge on any atom is -0.349 e. The second-order valence-corrected chi connectivity index (χ2v) is 7.14. The molecular weight excluding hydrogens is 387 g/mol. The monoisotopic (exact) mass is 406 g/mol. The zero-order chi connectivity index (χ0) is 20.3. The fourth-order valence-electron chi connectivity index (χ4n) is 3.17. The molecule has 9 heteroatoms. The van der Waals surface area contributed by atoms with E-state index in [2.05, 4.69) is 15.6 Å². The first kappa shape index (κ1) is 20.0. The van der Waals surface area contributed by atoms with E-state index in [1.807, 2.05) is 0 Å². The molecule has 1 aliphatic carbocycles. The summed E-state index contributed by atoms with van der Waals surface area (Å²) in [5, 5.41) is 5.41. The van der Waals surface area contributed by atoms with Gasteiger partial charge < -0.3 is 10.6 Å². The van der Waals surface area contributed by atoms with Crippen LogP contribution >= 0.6 is 11.6 Å². The zero-order valence-electron chi connectivity index (χ0n) is 15.3. The summed E-state index contributed by atoms with van der Waals surface area (Å²) in [7, 11) is 0. The summed E-state index contributed by atoms with van der Waals surface area (Å²) >= 11 is 5.90. The van der Waals surface area contributed by atoms with Gasteiger partial charge in [-0.2, -0.15) is 0 Å². The third-order valence-electron chi connectivity index (χ3n) is 4.69. The van der Waals surface area contributed by atoms with E-state index in [-0.39, 0.29) is 28.9 Å². The van der Waals surface area contributed by atoms with Gasteiger partial charge in [0.25, 0.3) is 11.5 Å². The van der Waals surface area contributed by atoms with Crippen LogP contribution in [0.25, 0.3) is 0 Å². The molecule has 1 heterocycles. The van der Waals surface area contributed by atoms with E-state index >= 15 is 0 Å². The highest BCUT2D eigenvalue weighted by Crippen LogP contribution is 2.22. The molecule has 3 rings (SSSR count). The Morgan fingerprint density at radius 3 is 2.71 bits per heavy atom. The molecule has 2 amide bonds. The number of carbonyl (C=O) groups is 2. The molecule has 2 aromatic rings. The Hall–Kier alpha value is -2.74. The number of hydrogen-bond donors (Lipinski definition) is 2. The van der Waals surface area contributed by atoms with E-state index in [0.29, 0.717) is 5.82 Å². The number of hydrogen-bond acceptors (Lipinski definition) is 4. The number of nitrogens with one attached hydrogen (secondary N) is 2. The van der Waals surface area contributed by atoms with Crippen LogP contribution in [-0.4, -0.2) is 27.4 Å². The number of nitrogens with zero attached hydrogens (tertiary/aromatic N) is 2. The Labute approximate surface area is 165 Å². The Kier molecular flexibility index (Phi) is 6.08. The highest BCUT2D eigenvalue weighted by Gasteiger charge is 2.21. The normalized spacial score (nSPS) is 14.1. The fraction of sp³-hybridized carbons (Fsp3) is 0.368. The van der Waals surface area contributed by atoms with Gasteiger partial charge in [-0.15, -0.1) is 0 Å². The third-order valence-corrected chi connectivity index (χ3v) is 5.00. The van der Waals surface area contributed by atoms with E-state index in [9.17, 15) is 18.8 Å². The molecule has 0 bridgehead atoms. The molecule has 28 heavy (non-hydrogen) atoms. The third kappa shape index (κ3) is 4.56. The topological polar surface area (TPSA) is 93.1 Å². The van der Waals surface area contributed by atoms with Crippen LogP contribution < -0.4 is 16.2 Å².